The van der Waals surface area contributed by atoms with E-state index in [9.17, 15) is 0 Å². The summed E-state index contributed by atoms with van der Waals surface area (Å²) in [6.45, 7) is 2.18. The monoisotopic (exact) mass is 229 g/mol. The smallest absolute Gasteiger partial charge is 0.0946 e. The fourth-order valence-electron chi connectivity index (χ4n) is 2.12. The van der Waals surface area contributed by atoms with E-state index < -0.39 is 0 Å². The Morgan fingerprint density at radius 2 is 2.24 bits per heavy atom. The average molecular weight is 229 g/mol. The summed E-state index contributed by atoms with van der Waals surface area (Å²) < 4.78 is 2.06. The Labute approximate surface area is 103 Å². The standard InChI is InChI=1S/C14H19N3/c1-4-11-6-5-7-12(8-11)14(15-2)13-9-16-10-17(13)3/h5-10,14-15H,4H2,1-3H3. The zero-order chi connectivity index (χ0) is 12.3. The first-order valence-corrected chi connectivity index (χ1v) is 5.98. The Balaban J connectivity index is 2.38. The molecule has 0 radical (unpaired) electrons. The molecule has 1 aromatic heterocycles. The van der Waals surface area contributed by atoms with Crippen molar-refractivity contribution in [3.05, 3.63) is 53.6 Å². The van der Waals surface area contributed by atoms with Gasteiger partial charge < -0.3 is 9.88 Å². The van der Waals surface area contributed by atoms with Crippen LogP contribution in [0, 0.1) is 0 Å². The Morgan fingerprint density at radius 1 is 1.41 bits per heavy atom. The second kappa shape index (κ2) is 5.15. The van der Waals surface area contributed by atoms with E-state index in [-0.39, 0.29) is 6.04 Å². The predicted molar refractivity (Wildman–Crippen MR) is 69.9 cm³/mol. The fourth-order valence-corrected chi connectivity index (χ4v) is 2.12. The summed E-state index contributed by atoms with van der Waals surface area (Å²) in [7, 11) is 4.01. The van der Waals surface area contributed by atoms with Crippen molar-refractivity contribution in [2.45, 2.75) is 19.4 Å². The van der Waals surface area contributed by atoms with Gasteiger partial charge in [0.1, 0.15) is 0 Å². The Hall–Kier alpha value is -1.61. The topological polar surface area (TPSA) is 29.9 Å². The molecule has 3 heteroatoms. The normalized spacial score (nSPS) is 12.6. The van der Waals surface area contributed by atoms with E-state index in [1.807, 2.05) is 26.6 Å². The van der Waals surface area contributed by atoms with Crippen molar-refractivity contribution >= 4 is 0 Å². The number of hydrogen-bond donors (Lipinski definition) is 1. The highest BCUT2D eigenvalue weighted by atomic mass is 15.1. The van der Waals surface area contributed by atoms with Crippen LogP contribution >= 0.6 is 0 Å². The largest absolute Gasteiger partial charge is 0.336 e. The number of nitrogens with zero attached hydrogens (tertiary/aromatic N) is 2. The molecule has 2 rings (SSSR count). The molecule has 0 bridgehead atoms. The molecule has 0 aliphatic rings. The molecule has 0 spiro atoms. The van der Waals surface area contributed by atoms with Crippen LogP contribution in [0.2, 0.25) is 0 Å². The van der Waals surface area contributed by atoms with Crippen LogP contribution in [-0.4, -0.2) is 16.6 Å². The molecule has 2 aromatic rings. The molecule has 0 saturated carbocycles. The molecule has 1 aromatic carbocycles. The summed E-state index contributed by atoms with van der Waals surface area (Å²) in [6, 6.07) is 8.91. The van der Waals surface area contributed by atoms with Gasteiger partial charge in [-0.15, -0.1) is 0 Å². The number of aromatic nitrogens is 2. The lowest BCUT2D eigenvalue weighted by Gasteiger charge is -2.17. The molecule has 0 fully saturated rings. The van der Waals surface area contributed by atoms with Crippen LogP contribution in [0.1, 0.15) is 29.8 Å². The first-order valence-electron chi connectivity index (χ1n) is 5.98. The van der Waals surface area contributed by atoms with Crippen LogP contribution in [-0.2, 0) is 13.5 Å². The number of benzene rings is 1. The van der Waals surface area contributed by atoms with Gasteiger partial charge in [0, 0.05) is 7.05 Å². The van der Waals surface area contributed by atoms with Crippen molar-refractivity contribution in [2.75, 3.05) is 7.05 Å². The molecule has 1 unspecified atom stereocenters. The second-order valence-electron chi connectivity index (χ2n) is 4.25. The van der Waals surface area contributed by atoms with E-state index in [0.717, 1.165) is 6.42 Å². The maximum atomic E-state index is 4.18. The lowest BCUT2D eigenvalue weighted by Crippen LogP contribution is -2.20. The van der Waals surface area contributed by atoms with Gasteiger partial charge in [-0.05, 0) is 24.6 Å². The van der Waals surface area contributed by atoms with Gasteiger partial charge in [-0.1, -0.05) is 31.2 Å². The summed E-state index contributed by atoms with van der Waals surface area (Å²) in [5, 5.41) is 3.35. The SMILES string of the molecule is CCc1cccc(C(NC)c2cncn2C)c1. The zero-order valence-electron chi connectivity index (χ0n) is 10.6. The molecule has 0 amide bonds. The average Bonchev–Trinajstić information content (AvgIpc) is 2.77. The highest BCUT2D eigenvalue weighted by Crippen LogP contribution is 2.21. The van der Waals surface area contributed by atoms with E-state index in [2.05, 4.69) is 46.1 Å². The lowest BCUT2D eigenvalue weighted by atomic mass is 10.0. The van der Waals surface area contributed by atoms with Crippen LogP contribution in [0.25, 0.3) is 0 Å². The van der Waals surface area contributed by atoms with E-state index in [4.69, 9.17) is 0 Å². The summed E-state index contributed by atoms with van der Waals surface area (Å²) >= 11 is 0. The minimum absolute atomic E-state index is 0.203. The van der Waals surface area contributed by atoms with Crippen molar-refractivity contribution < 1.29 is 0 Å². The van der Waals surface area contributed by atoms with Crippen LogP contribution in [0.4, 0.5) is 0 Å². The summed E-state index contributed by atoms with van der Waals surface area (Å²) in [5.41, 5.74) is 3.83. The lowest BCUT2D eigenvalue weighted by molar-refractivity contribution is 0.637. The molecule has 1 heterocycles. The minimum atomic E-state index is 0.203. The van der Waals surface area contributed by atoms with Gasteiger partial charge in [0.2, 0.25) is 0 Å². The molecule has 3 nitrogen and oxygen atoms in total. The molecule has 1 N–H and O–H groups in total. The van der Waals surface area contributed by atoms with Crippen molar-refractivity contribution in [3.8, 4) is 0 Å². The van der Waals surface area contributed by atoms with Crippen LogP contribution in [0.15, 0.2) is 36.8 Å². The molecular weight excluding hydrogens is 210 g/mol. The van der Waals surface area contributed by atoms with E-state index in [0.29, 0.717) is 0 Å². The molecule has 90 valence electrons. The van der Waals surface area contributed by atoms with Gasteiger partial charge in [0.15, 0.2) is 0 Å². The number of nitrogens with one attached hydrogen (secondary N) is 1. The van der Waals surface area contributed by atoms with Gasteiger partial charge in [-0.3, -0.25) is 0 Å². The molecule has 1 atom stereocenters. The van der Waals surface area contributed by atoms with E-state index in [1.54, 1.807) is 0 Å². The fraction of sp³-hybridized carbons (Fsp3) is 0.357. The molecule has 17 heavy (non-hydrogen) atoms. The summed E-state index contributed by atoms with van der Waals surface area (Å²) in [4.78, 5) is 4.18. The first kappa shape index (κ1) is 11.9. The molecule has 0 saturated heterocycles. The van der Waals surface area contributed by atoms with Crippen LogP contribution < -0.4 is 5.32 Å². The maximum absolute atomic E-state index is 4.18. The van der Waals surface area contributed by atoms with Crippen molar-refractivity contribution in [3.63, 3.8) is 0 Å². The zero-order valence-corrected chi connectivity index (χ0v) is 10.6. The maximum Gasteiger partial charge on any atom is 0.0946 e. The third-order valence-corrected chi connectivity index (χ3v) is 3.13. The van der Waals surface area contributed by atoms with Gasteiger partial charge in [0.25, 0.3) is 0 Å². The third kappa shape index (κ3) is 2.39. The number of imidazole rings is 1. The van der Waals surface area contributed by atoms with Crippen molar-refractivity contribution in [1.82, 2.24) is 14.9 Å². The number of aryl methyl sites for hydroxylation is 2. The number of hydrogen-bond acceptors (Lipinski definition) is 2. The van der Waals surface area contributed by atoms with Gasteiger partial charge in [-0.2, -0.15) is 0 Å². The van der Waals surface area contributed by atoms with Crippen LogP contribution in [0.3, 0.4) is 0 Å². The van der Waals surface area contributed by atoms with Crippen molar-refractivity contribution in [2.24, 2.45) is 7.05 Å². The summed E-state index contributed by atoms with van der Waals surface area (Å²) in [5.74, 6) is 0. The van der Waals surface area contributed by atoms with Gasteiger partial charge >= 0.3 is 0 Å². The summed E-state index contributed by atoms with van der Waals surface area (Å²) in [6.07, 6.45) is 4.82. The quantitative estimate of drug-likeness (QED) is 0.871. The predicted octanol–water partition coefficient (Wildman–Crippen LogP) is 2.29. The molecule has 0 aliphatic carbocycles. The second-order valence-corrected chi connectivity index (χ2v) is 4.25. The van der Waals surface area contributed by atoms with Gasteiger partial charge in [0.05, 0.1) is 24.3 Å². The Morgan fingerprint density at radius 3 is 2.82 bits per heavy atom. The van der Waals surface area contributed by atoms with E-state index in [1.165, 1.54) is 16.8 Å². The highest BCUT2D eigenvalue weighted by molar-refractivity contribution is 5.31. The van der Waals surface area contributed by atoms with E-state index >= 15 is 0 Å². The molecule has 0 aliphatic heterocycles. The molecular formula is C14H19N3. The Kier molecular flexibility index (Phi) is 3.59. The third-order valence-electron chi connectivity index (χ3n) is 3.13. The van der Waals surface area contributed by atoms with Gasteiger partial charge in [-0.25, -0.2) is 4.98 Å². The number of rotatable bonds is 4. The first-order chi connectivity index (χ1) is 8.26. The van der Waals surface area contributed by atoms with Crippen LogP contribution in [0.5, 0.6) is 0 Å². The minimum Gasteiger partial charge on any atom is -0.336 e. The Bertz CT molecular complexity index is 488. The highest BCUT2D eigenvalue weighted by Gasteiger charge is 2.14. The van der Waals surface area contributed by atoms with Crippen molar-refractivity contribution in [1.29, 1.82) is 0 Å².